The maximum atomic E-state index is 16.2. The zero-order valence-electron chi connectivity index (χ0n) is 58.2. The van der Waals surface area contributed by atoms with E-state index in [-0.39, 0.29) is 33.4 Å². The standard InChI is InChI=1S/C81H70N4O22P2/c1-94-63-42-38-61(39-43-63)81(60-36-22-9-23-37-60,62-40-44-64(95-2)45-41-62)97-51-66-67(100-74(87)55-26-12-4-13-27-55)69(101-75(88)56-28-14-5-15-29-56)72(104-78(91)59-34-20-8-21-35-59)80(99-66)107-109(92,93)106-68-65(50-96-73(86)54-24-10-3-11-25-54)98-79(105-108(84-48-46-82-52-84)85-49-47-83-53-85)71(103-77(90)58-32-18-7-19-33-58)70(68)102-76(89)57-30-16-6-17-31-57/h3-49,52-53,65-72,79-80H,50-51H2,1-2H3,(H,92,93)/t65-,66-,67-,68-,69+,70+,71+,72+,79-,80-/m1/s1. The van der Waals surface area contributed by atoms with Gasteiger partial charge in [0, 0.05) is 24.8 Å². The summed E-state index contributed by atoms with van der Waals surface area (Å²) in [5, 5.41) is 0. The van der Waals surface area contributed by atoms with Crippen LogP contribution in [0.1, 0.15) is 78.8 Å². The number of nitrogens with zero attached hydrogens (tertiary/aromatic N) is 4. The number of imidazole rings is 2. The van der Waals surface area contributed by atoms with Crippen LogP contribution in [0.3, 0.4) is 0 Å². The quantitative estimate of drug-likeness (QED) is 0.0197. The Hall–Kier alpha value is -11.8. The van der Waals surface area contributed by atoms with Crippen molar-refractivity contribution in [1.82, 2.24) is 18.6 Å². The van der Waals surface area contributed by atoms with Crippen LogP contribution in [0.2, 0.25) is 0 Å². The molecule has 2 fully saturated rings. The number of ether oxygens (including phenoxy) is 11. The summed E-state index contributed by atoms with van der Waals surface area (Å²) < 4.78 is 109. The lowest BCUT2D eigenvalue weighted by Crippen LogP contribution is -2.63. The molecular weight excluding hydrogens is 1440 g/mol. The van der Waals surface area contributed by atoms with Crippen LogP contribution in [-0.2, 0) is 66.4 Å². The van der Waals surface area contributed by atoms with Crippen molar-refractivity contribution in [1.29, 1.82) is 0 Å². The monoisotopic (exact) mass is 1510 g/mol. The molecule has 9 aromatic carbocycles. The van der Waals surface area contributed by atoms with Crippen LogP contribution in [0, 0.1) is 0 Å². The molecule has 0 amide bonds. The lowest BCUT2D eigenvalue weighted by molar-refractivity contribution is -0.290. The fourth-order valence-corrected chi connectivity index (χ4v) is 14.7. The van der Waals surface area contributed by atoms with E-state index < -0.39 is 132 Å². The van der Waals surface area contributed by atoms with Gasteiger partial charge in [0.15, 0.2) is 30.5 Å². The fraction of sp³-hybridized carbons (Fsp3) is 0.185. The second-order valence-corrected chi connectivity index (χ2v) is 27.4. The van der Waals surface area contributed by atoms with E-state index in [1.165, 1.54) is 124 Å². The molecule has 1 unspecified atom stereocenters. The first-order valence-electron chi connectivity index (χ1n) is 34.1. The maximum absolute atomic E-state index is 16.2. The highest BCUT2D eigenvalue weighted by Gasteiger charge is 2.59. The molecule has 1 N–H and O–H groups in total. The van der Waals surface area contributed by atoms with Crippen molar-refractivity contribution in [3.8, 4) is 11.5 Å². The minimum absolute atomic E-state index is 0.00319. The van der Waals surface area contributed by atoms with Gasteiger partial charge in [-0.2, -0.15) is 0 Å². The number of methoxy groups -OCH3 is 2. The molecule has 4 heterocycles. The smallest absolute Gasteiger partial charge is 0.475 e. The van der Waals surface area contributed by atoms with Gasteiger partial charge in [0.05, 0.1) is 54.2 Å². The highest BCUT2D eigenvalue weighted by molar-refractivity contribution is 7.49. The van der Waals surface area contributed by atoms with Crippen LogP contribution >= 0.6 is 16.3 Å². The van der Waals surface area contributed by atoms with Gasteiger partial charge < -0.3 is 57.0 Å². The van der Waals surface area contributed by atoms with Crippen LogP contribution < -0.4 is 9.47 Å². The van der Waals surface area contributed by atoms with Crippen LogP contribution in [0.15, 0.2) is 298 Å². The summed E-state index contributed by atoms with van der Waals surface area (Å²) in [5.41, 5.74) is -0.360. The van der Waals surface area contributed by atoms with Crippen LogP contribution in [-0.4, -0.2) is 148 Å². The third kappa shape index (κ3) is 18.1. The van der Waals surface area contributed by atoms with E-state index in [9.17, 15) is 28.9 Å². The van der Waals surface area contributed by atoms with E-state index in [0.717, 1.165) is 0 Å². The highest BCUT2D eigenvalue weighted by Crippen LogP contribution is 2.53. The number of rotatable bonds is 29. The minimum atomic E-state index is -6.22. The van der Waals surface area contributed by atoms with Gasteiger partial charge >= 0.3 is 43.6 Å². The summed E-state index contributed by atoms with van der Waals surface area (Å²) in [6.45, 7) is -1.63. The van der Waals surface area contributed by atoms with Gasteiger partial charge in [0.1, 0.15) is 54.7 Å². The molecule has 26 nitrogen and oxygen atoms in total. The lowest BCUT2D eigenvalue weighted by Gasteiger charge is -2.47. The predicted molar refractivity (Wildman–Crippen MR) is 390 cm³/mol. The molecule has 0 radical (unpaired) electrons. The Bertz CT molecular complexity index is 4780. The summed E-state index contributed by atoms with van der Waals surface area (Å²) >= 11 is 0. The third-order valence-corrected chi connectivity index (χ3v) is 20.2. The van der Waals surface area contributed by atoms with Crippen molar-refractivity contribution in [3.05, 3.63) is 348 Å². The largest absolute Gasteiger partial charge is 0.497 e. The summed E-state index contributed by atoms with van der Waals surface area (Å²) in [5.74, 6) is -5.35. The first-order chi connectivity index (χ1) is 53.1. The number of phosphoric ester groups is 1. The Labute approximate surface area is 626 Å². The average Bonchev–Trinajstić information content (AvgIpc) is 1.26. The number of carbonyl (C=O) groups is 6. The topological polar surface area (TPSA) is 305 Å². The van der Waals surface area contributed by atoms with E-state index in [0.29, 0.717) is 28.2 Å². The van der Waals surface area contributed by atoms with Crippen molar-refractivity contribution >= 4 is 52.1 Å². The Morgan fingerprint density at radius 1 is 0.404 bits per heavy atom. The Balaban J connectivity index is 0.971. The van der Waals surface area contributed by atoms with Crippen molar-refractivity contribution in [2.75, 3.05) is 27.4 Å². The van der Waals surface area contributed by atoms with E-state index in [2.05, 4.69) is 9.97 Å². The molecular formula is C81H70N4O22P2. The maximum Gasteiger partial charge on any atom is 0.475 e. The summed E-state index contributed by atoms with van der Waals surface area (Å²) in [6, 6.07) is 68.8. The molecule has 2 aromatic heterocycles. The first kappa shape index (κ1) is 75.4. The van der Waals surface area contributed by atoms with Gasteiger partial charge in [-0.05, 0) is 114 Å². The predicted octanol–water partition coefficient (Wildman–Crippen LogP) is 12.7. The van der Waals surface area contributed by atoms with Crippen molar-refractivity contribution in [2.45, 2.75) is 67.0 Å². The van der Waals surface area contributed by atoms with Gasteiger partial charge in [-0.15, -0.1) is 0 Å². The normalized spacial score (nSPS) is 20.3. The number of esters is 6. The SMILES string of the molecule is COc1ccc(C(OC[C@H]2O[C@H](OP(=O)(O)O[C@H]3[C@H](OC(=O)c4ccccc4)[C@H](OC(=O)c4ccccc4)[C@@H](OP(n4ccnc4)n4ccnc4)O[C@@H]3COC(=O)c3ccccc3)[C@@H](OC(=O)c3ccccc3)[C@@H](OC(=O)c3ccccc3)[C@@H]2OC(=O)c2ccccc2)(c2ccccc2)c2ccc(OC)cc2)cc1. The van der Waals surface area contributed by atoms with Crippen molar-refractivity contribution in [2.24, 2.45) is 0 Å². The molecule has 2 aliphatic heterocycles. The van der Waals surface area contributed by atoms with Crippen molar-refractivity contribution in [3.63, 3.8) is 0 Å². The van der Waals surface area contributed by atoms with Crippen molar-refractivity contribution < 1.29 is 104 Å². The van der Waals surface area contributed by atoms with E-state index >= 15 is 9.36 Å². The third-order valence-electron chi connectivity index (χ3n) is 17.5. The molecule has 28 heteroatoms. The first-order valence-corrected chi connectivity index (χ1v) is 36.8. The number of hydrogen-bond donors (Lipinski definition) is 1. The lowest BCUT2D eigenvalue weighted by atomic mass is 9.80. The number of aromatic nitrogens is 4. The summed E-state index contributed by atoms with van der Waals surface area (Å²) in [7, 11) is -5.42. The fourth-order valence-electron chi connectivity index (χ4n) is 12.2. The van der Waals surface area contributed by atoms with E-state index in [4.69, 9.17) is 65.7 Å². The van der Waals surface area contributed by atoms with Gasteiger partial charge in [0.2, 0.25) is 12.6 Å². The van der Waals surface area contributed by atoms with Crippen LogP contribution in [0.4, 0.5) is 0 Å². The Morgan fingerprint density at radius 2 is 0.734 bits per heavy atom. The molecule has 13 rings (SSSR count). The Morgan fingerprint density at radius 3 is 1.12 bits per heavy atom. The number of benzene rings is 9. The second kappa shape index (κ2) is 35.3. The molecule has 0 bridgehead atoms. The highest BCUT2D eigenvalue weighted by atomic mass is 31.2. The molecule has 11 atom stereocenters. The van der Waals surface area contributed by atoms with E-state index in [1.54, 1.807) is 185 Å². The number of phosphoric acid groups is 1. The molecule has 0 aliphatic carbocycles. The molecule has 2 saturated heterocycles. The molecule has 556 valence electrons. The van der Waals surface area contributed by atoms with Gasteiger partial charge in [-0.3, -0.25) is 22.2 Å². The molecule has 109 heavy (non-hydrogen) atoms. The van der Waals surface area contributed by atoms with Crippen LogP contribution in [0.5, 0.6) is 11.5 Å². The zero-order chi connectivity index (χ0) is 75.7. The zero-order valence-corrected chi connectivity index (χ0v) is 60.0. The Kier molecular flexibility index (Phi) is 24.4. The van der Waals surface area contributed by atoms with Gasteiger partial charge in [0.25, 0.3) is 8.45 Å². The molecule has 2 aliphatic rings. The average molecular weight is 1510 g/mol. The number of carbonyl (C=O) groups excluding carboxylic acids is 6. The minimum Gasteiger partial charge on any atom is -0.497 e. The van der Waals surface area contributed by atoms with Gasteiger partial charge in [-0.1, -0.05) is 164 Å². The number of hydrogen-bond acceptors (Lipinski definition) is 23. The molecule has 0 spiro atoms. The second-order valence-electron chi connectivity index (χ2n) is 24.4. The van der Waals surface area contributed by atoms with E-state index in [1.807, 2.05) is 12.1 Å². The summed E-state index contributed by atoms with van der Waals surface area (Å²) in [6.07, 6.45) is -12.0. The van der Waals surface area contributed by atoms with Gasteiger partial charge in [-0.25, -0.2) is 43.3 Å². The molecule has 11 aromatic rings. The molecule has 0 saturated carbocycles. The van der Waals surface area contributed by atoms with Crippen LogP contribution in [0.25, 0.3) is 0 Å². The summed E-state index contributed by atoms with van der Waals surface area (Å²) in [4.78, 5) is 110.